The molecule has 0 aromatic carbocycles. The molecule has 1 atom stereocenters. The monoisotopic (exact) mass is 947 g/mol. The molecule has 0 aromatic rings. The van der Waals surface area contributed by atoms with Crippen LogP contribution in [-0.2, 0) is 28.6 Å². The van der Waals surface area contributed by atoms with Crippen LogP contribution < -0.4 is 0 Å². The molecule has 0 aliphatic heterocycles. The van der Waals surface area contributed by atoms with Gasteiger partial charge in [-0.3, -0.25) is 14.4 Å². The van der Waals surface area contributed by atoms with Gasteiger partial charge in [-0.15, -0.1) is 0 Å². The number of allylic oxidation sites excluding steroid dienone is 27. The molecule has 0 aromatic heterocycles. The highest BCUT2D eigenvalue weighted by atomic mass is 16.6. The number of unbranched alkanes of at least 4 members (excludes halogenated alkanes) is 7. The van der Waals surface area contributed by atoms with Gasteiger partial charge in [-0.25, -0.2) is 0 Å². The van der Waals surface area contributed by atoms with Gasteiger partial charge in [0.25, 0.3) is 0 Å². The van der Waals surface area contributed by atoms with Crippen LogP contribution in [0, 0.1) is 0 Å². The first-order valence-electron chi connectivity index (χ1n) is 26.6. The number of hydrogen-bond donors (Lipinski definition) is 0. The Morgan fingerprint density at radius 3 is 0.971 bits per heavy atom. The number of ether oxygens (including phenoxy) is 3. The zero-order chi connectivity index (χ0) is 50.0. The van der Waals surface area contributed by atoms with E-state index in [0.717, 1.165) is 116 Å². The Kier molecular flexibility index (Phi) is 51.2. The van der Waals surface area contributed by atoms with Gasteiger partial charge in [0.1, 0.15) is 13.2 Å². The lowest BCUT2D eigenvalue weighted by Gasteiger charge is -2.18. The molecule has 69 heavy (non-hydrogen) atoms. The fraction of sp³-hybridized carbons (Fsp3) is 0.508. The number of carbonyl (C=O) groups excluding carboxylic acids is 3. The van der Waals surface area contributed by atoms with E-state index in [9.17, 15) is 14.4 Å². The van der Waals surface area contributed by atoms with Crippen molar-refractivity contribution < 1.29 is 28.6 Å². The van der Waals surface area contributed by atoms with E-state index in [1.807, 2.05) is 18.2 Å². The normalized spacial score (nSPS) is 13.5. The van der Waals surface area contributed by atoms with Crippen LogP contribution in [0.15, 0.2) is 170 Å². The van der Waals surface area contributed by atoms with Gasteiger partial charge in [-0.05, 0) is 116 Å². The first-order valence-corrected chi connectivity index (χ1v) is 26.6. The Bertz CT molecular complexity index is 1650. The summed E-state index contributed by atoms with van der Waals surface area (Å²) in [6.07, 6.45) is 82.4. The summed E-state index contributed by atoms with van der Waals surface area (Å²) in [6.45, 7) is 6.10. The van der Waals surface area contributed by atoms with Crippen molar-refractivity contribution in [1.29, 1.82) is 0 Å². The maximum absolute atomic E-state index is 12.7. The van der Waals surface area contributed by atoms with E-state index in [4.69, 9.17) is 14.2 Å². The molecular formula is C63H94O6. The summed E-state index contributed by atoms with van der Waals surface area (Å²) in [5.41, 5.74) is 0. The Morgan fingerprint density at radius 1 is 0.304 bits per heavy atom. The van der Waals surface area contributed by atoms with Crippen LogP contribution in [0.3, 0.4) is 0 Å². The molecule has 6 nitrogen and oxygen atoms in total. The highest BCUT2D eigenvalue weighted by molar-refractivity contribution is 5.72. The standard InChI is InChI=1S/C63H94O6/c1-4-7-10-13-16-19-22-25-27-28-29-30-31-32-33-34-36-38-41-44-47-50-53-56-62(65)68-59-60(58-67-61(64)55-52-49-46-43-40-37-24-21-18-15-12-9-6-3)69-63(66)57-54-51-48-45-42-39-35-26-23-20-17-14-11-8-5-2/h7-12,16-21,25-27,29-30,32-33,35,37,40,42,45-46,49,51,54,60H,4-6,13-15,22-24,28,31,34,36,38-39,41,43-44,47-48,50,52-53,55-59H2,1-3H3/b10-7-,11-8-,12-9-,19-16-,20-17-,21-18-,27-25-,30-29-,33-32-,35-26-,40-37-,45-42-,49-46-,54-51-. The predicted molar refractivity (Wildman–Crippen MR) is 297 cm³/mol. The second-order valence-corrected chi connectivity index (χ2v) is 16.7. The summed E-state index contributed by atoms with van der Waals surface area (Å²) in [4.78, 5) is 37.9. The highest BCUT2D eigenvalue weighted by Gasteiger charge is 2.19. The molecule has 0 spiro atoms. The largest absolute Gasteiger partial charge is 0.462 e. The van der Waals surface area contributed by atoms with Crippen molar-refractivity contribution >= 4 is 17.9 Å². The maximum Gasteiger partial charge on any atom is 0.310 e. The van der Waals surface area contributed by atoms with Crippen molar-refractivity contribution in [2.45, 2.75) is 194 Å². The smallest absolute Gasteiger partial charge is 0.310 e. The average Bonchev–Trinajstić information content (AvgIpc) is 3.35. The average molecular weight is 947 g/mol. The van der Waals surface area contributed by atoms with E-state index >= 15 is 0 Å². The zero-order valence-corrected chi connectivity index (χ0v) is 43.5. The van der Waals surface area contributed by atoms with Gasteiger partial charge in [-0.2, -0.15) is 0 Å². The summed E-state index contributed by atoms with van der Waals surface area (Å²) in [5.74, 6) is -1.19. The molecule has 0 aliphatic carbocycles. The number of carbonyl (C=O) groups is 3. The Balaban J connectivity index is 4.56. The molecule has 0 heterocycles. The van der Waals surface area contributed by atoms with Crippen molar-refractivity contribution in [3.05, 3.63) is 170 Å². The van der Waals surface area contributed by atoms with Gasteiger partial charge < -0.3 is 14.2 Å². The highest BCUT2D eigenvalue weighted by Crippen LogP contribution is 2.12. The third-order valence-corrected chi connectivity index (χ3v) is 10.2. The van der Waals surface area contributed by atoms with Crippen LogP contribution in [0.25, 0.3) is 0 Å². The van der Waals surface area contributed by atoms with E-state index < -0.39 is 18.0 Å². The van der Waals surface area contributed by atoms with Gasteiger partial charge in [0, 0.05) is 12.8 Å². The lowest BCUT2D eigenvalue weighted by atomic mass is 10.1. The third kappa shape index (κ3) is 53.6. The molecule has 0 fully saturated rings. The molecular weight excluding hydrogens is 853 g/mol. The number of hydrogen-bond acceptors (Lipinski definition) is 6. The molecule has 0 radical (unpaired) electrons. The quantitative estimate of drug-likeness (QED) is 0.0262. The topological polar surface area (TPSA) is 78.9 Å². The maximum atomic E-state index is 12.7. The first-order chi connectivity index (χ1) is 34.0. The molecule has 6 heteroatoms. The molecule has 0 aliphatic rings. The Hall–Kier alpha value is -5.23. The van der Waals surface area contributed by atoms with E-state index in [-0.39, 0.29) is 32.0 Å². The molecule has 0 N–H and O–H groups in total. The van der Waals surface area contributed by atoms with Crippen molar-refractivity contribution in [1.82, 2.24) is 0 Å². The predicted octanol–water partition coefficient (Wildman–Crippen LogP) is 18.0. The van der Waals surface area contributed by atoms with Crippen molar-refractivity contribution in [3.8, 4) is 0 Å². The number of esters is 3. The fourth-order valence-corrected chi connectivity index (χ4v) is 6.38. The molecule has 0 bridgehead atoms. The van der Waals surface area contributed by atoms with Crippen molar-refractivity contribution in [2.75, 3.05) is 13.2 Å². The van der Waals surface area contributed by atoms with E-state index in [0.29, 0.717) is 19.3 Å². The minimum Gasteiger partial charge on any atom is -0.462 e. The minimum atomic E-state index is -0.875. The van der Waals surface area contributed by atoms with Crippen LogP contribution in [0.5, 0.6) is 0 Å². The Morgan fingerprint density at radius 2 is 0.594 bits per heavy atom. The van der Waals surface area contributed by atoms with Gasteiger partial charge in [-0.1, -0.05) is 223 Å². The SMILES string of the molecule is CC/C=C\C/C=C\C/C=C\C/C=C\C/C=C\CCCCCCCCCC(=O)OCC(COC(=O)CC/C=C\C/C=C\C/C=C\C/C=C\CC)OC(=O)C/C=C\C/C=C\C/C=C\C/C=C\C/C=C\CC. The lowest BCUT2D eigenvalue weighted by Crippen LogP contribution is -2.30. The summed E-state index contributed by atoms with van der Waals surface area (Å²) < 4.78 is 16.6. The van der Waals surface area contributed by atoms with Gasteiger partial charge in [0.05, 0.1) is 6.42 Å². The second-order valence-electron chi connectivity index (χ2n) is 16.7. The lowest BCUT2D eigenvalue weighted by molar-refractivity contribution is -0.166. The summed E-state index contributed by atoms with van der Waals surface area (Å²) in [5, 5.41) is 0. The zero-order valence-electron chi connectivity index (χ0n) is 43.5. The van der Waals surface area contributed by atoms with E-state index in [1.165, 1.54) is 19.3 Å². The summed E-state index contributed by atoms with van der Waals surface area (Å²) >= 11 is 0. The molecule has 0 amide bonds. The molecule has 1 unspecified atom stereocenters. The van der Waals surface area contributed by atoms with E-state index in [1.54, 1.807) is 6.08 Å². The molecule has 0 saturated heterocycles. The summed E-state index contributed by atoms with van der Waals surface area (Å²) in [6, 6.07) is 0. The van der Waals surface area contributed by atoms with Gasteiger partial charge >= 0.3 is 17.9 Å². The molecule has 382 valence electrons. The second kappa shape index (κ2) is 55.4. The van der Waals surface area contributed by atoms with Crippen LogP contribution >= 0.6 is 0 Å². The third-order valence-electron chi connectivity index (χ3n) is 10.2. The van der Waals surface area contributed by atoms with Crippen LogP contribution in [-0.4, -0.2) is 37.2 Å². The van der Waals surface area contributed by atoms with Crippen LogP contribution in [0.4, 0.5) is 0 Å². The van der Waals surface area contributed by atoms with E-state index in [2.05, 4.69) is 167 Å². The summed E-state index contributed by atoms with van der Waals surface area (Å²) in [7, 11) is 0. The molecule has 0 rings (SSSR count). The van der Waals surface area contributed by atoms with Gasteiger partial charge in [0.15, 0.2) is 6.10 Å². The minimum absolute atomic E-state index is 0.0706. The molecule has 0 saturated carbocycles. The van der Waals surface area contributed by atoms with Crippen molar-refractivity contribution in [3.63, 3.8) is 0 Å². The number of rotatable bonds is 45. The van der Waals surface area contributed by atoms with Crippen LogP contribution in [0.1, 0.15) is 188 Å². The van der Waals surface area contributed by atoms with Gasteiger partial charge in [0.2, 0.25) is 0 Å². The Labute approximate surface area is 422 Å². The fourth-order valence-electron chi connectivity index (χ4n) is 6.38. The van der Waals surface area contributed by atoms with Crippen LogP contribution in [0.2, 0.25) is 0 Å². The van der Waals surface area contributed by atoms with Crippen molar-refractivity contribution in [2.24, 2.45) is 0 Å². The first kappa shape index (κ1) is 63.8.